The predicted molar refractivity (Wildman–Crippen MR) is 104 cm³/mol. The van der Waals surface area contributed by atoms with Gasteiger partial charge in [-0.15, -0.1) is 0 Å². The highest BCUT2D eigenvalue weighted by atomic mass is 19.4. The van der Waals surface area contributed by atoms with Gasteiger partial charge in [0.1, 0.15) is 5.75 Å². The molecule has 1 aromatic heterocycles. The minimum Gasteiger partial charge on any atom is -0.496 e. The maximum Gasteiger partial charge on any atom is 0.416 e. The van der Waals surface area contributed by atoms with Gasteiger partial charge < -0.3 is 10.1 Å². The van der Waals surface area contributed by atoms with Crippen molar-refractivity contribution in [2.45, 2.75) is 33.0 Å². The number of nitrogens with one attached hydrogen (secondary N) is 2. The van der Waals surface area contributed by atoms with Gasteiger partial charge in [-0.3, -0.25) is 10.00 Å². The van der Waals surface area contributed by atoms with E-state index >= 15 is 0 Å². The topological polar surface area (TPSA) is 53.2 Å². The van der Waals surface area contributed by atoms with Gasteiger partial charge in [-0.1, -0.05) is 13.8 Å². The standard InChI is InChI=1S/C20H29F3N4O/c1-13(2)8-14-9-19(28-5)15(10-17(14)20(21,22)23)16-11-25-26-18(16)12-27(4)7-6-24-3/h9-11,13,24H,6-8,12H2,1-5H3,(H,25,26). The van der Waals surface area contributed by atoms with Crippen LogP contribution in [-0.2, 0) is 19.1 Å². The molecule has 2 N–H and O–H groups in total. The van der Waals surface area contributed by atoms with E-state index in [-0.39, 0.29) is 11.5 Å². The molecule has 8 heteroatoms. The number of alkyl halides is 3. The Labute approximate surface area is 164 Å². The van der Waals surface area contributed by atoms with Crippen molar-refractivity contribution in [1.29, 1.82) is 0 Å². The largest absolute Gasteiger partial charge is 0.496 e. The normalized spacial score (nSPS) is 12.2. The van der Waals surface area contributed by atoms with Gasteiger partial charge in [0.15, 0.2) is 0 Å². The Hall–Kier alpha value is -2.06. The zero-order valence-electron chi connectivity index (χ0n) is 17.1. The van der Waals surface area contributed by atoms with Crippen LogP contribution in [0.1, 0.15) is 30.7 Å². The molecule has 0 unspecified atom stereocenters. The number of methoxy groups -OCH3 is 1. The van der Waals surface area contributed by atoms with Crippen molar-refractivity contribution in [3.63, 3.8) is 0 Å². The van der Waals surface area contributed by atoms with Gasteiger partial charge in [0.25, 0.3) is 0 Å². The van der Waals surface area contributed by atoms with Crippen molar-refractivity contribution in [3.05, 3.63) is 35.2 Å². The van der Waals surface area contributed by atoms with Gasteiger partial charge in [0, 0.05) is 30.8 Å². The molecule has 5 nitrogen and oxygen atoms in total. The smallest absolute Gasteiger partial charge is 0.416 e. The number of H-pyrrole nitrogens is 1. The number of benzene rings is 1. The molecule has 0 amide bonds. The van der Waals surface area contributed by atoms with Crippen LogP contribution in [0.15, 0.2) is 18.3 Å². The first-order valence-electron chi connectivity index (χ1n) is 9.31. The molecular formula is C20H29F3N4O. The van der Waals surface area contributed by atoms with E-state index < -0.39 is 11.7 Å². The Balaban J connectivity index is 2.50. The van der Waals surface area contributed by atoms with E-state index in [1.54, 1.807) is 6.20 Å². The fourth-order valence-electron chi connectivity index (χ4n) is 3.19. The molecule has 0 atom stereocenters. The number of aromatic nitrogens is 2. The summed E-state index contributed by atoms with van der Waals surface area (Å²) in [5.41, 5.74) is 1.40. The van der Waals surface area contributed by atoms with Crippen LogP contribution in [0, 0.1) is 5.92 Å². The Morgan fingerprint density at radius 1 is 1.25 bits per heavy atom. The highest BCUT2D eigenvalue weighted by Gasteiger charge is 2.35. The third kappa shape index (κ3) is 5.48. The quantitative estimate of drug-likeness (QED) is 0.672. The molecule has 2 rings (SSSR count). The fourth-order valence-corrected chi connectivity index (χ4v) is 3.19. The maximum absolute atomic E-state index is 13.7. The Morgan fingerprint density at radius 2 is 1.96 bits per heavy atom. The molecule has 0 aliphatic heterocycles. The molecule has 1 heterocycles. The summed E-state index contributed by atoms with van der Waals surface area (Å²) in [5, 5.41) is 10.1. The van der Waals surface area contributed by atoms with Crippen LogP contribution in [0.3, 0.4) is 0 Å². The molecular weight excluding hydrogens is 369 g/mol. The van der Waals surface area contributed by atoms with Gasteiger partial charge in [-0.05, 0) is 44.1 Å². The van der Waals surface area contributed by atoms with E-state index in [0.717, 1.165) is 18.8 Å². The summed E-state index contributed by atoms with van der Waals surface area (Å²) in [7, 11) is 5.30. The summed E-state index contributed by atoms with van der Waals surface area (Å²) in [6.45, 7) is 5.94. The molecule has 0 aliphatic carbocycles. The van der Waals surface area contributed by atoms with E-state index in [0.29, 0.717) is 29.8 Å². The first kappa shape index (κ1) is 22.2. The van der Waals surface area contributed by atoms with Crippen LogP contribution >= 0.6 is 0 Å². The molecule has 28 heavy (non-hydrogen) atoms. The third-order valence-corrected chi connectivity index (χ3v) is 4.54. The maximum atomic E-state index is 13.7. The minimum atomic E-state index is -4.43. The third-order valence-electron chi connectivity index (χ3n) is 4.54. The lowest BCUT2D eigenvalue weighted by molar-refractivity contribution is -0.138. The SMILES string of the molecule is CNCCN(C)Cc1[nH]ncc1-c1cc(C(F)(F)F)c(CC(C)C)cc1OC. The highest BCUT2D eigenvalue weighted by molar-refractivity contribution is 5.73. The molecule has 156 valence electrons. The van der Waals surface area contributed by atoms with E-state index in [1.165, 1.54) is 19.2 Å². The van der Waals surface area contributed by atoms with Gasteiger partial charge in [0.2, 0.25) is 0 Å². The number of hydrogen-bond acceptors (Lipinski definition) is 4. The first-order valence-corrected chi connectivity index (χ1v) is 9.31. The molecule has 2 aromatic rings. The van der Waals surface area contributed by atoms with Gasteiger partial charge in [0.05, 0.1) is 24.6 Å². The van der Waals surface area contributed by atoms with Crippen molar-refractivity contribution in [2.75, 3.05) is 34.3 Å². The minimum absolute atomic E-state index is 0.0990. The molecule has 1 aromatic carbocycles. The summed E-state index contributed by atoms with van der Waals surface area (Å²) >= 11 is 0. The molecule has 0 saturated carbocycles. The van der Waals surface area contributed by atoms with E-state index in [2.05, 4.69) is 20.4 Å². The second-order valence-electron chi connectivity index (χ2n) is 7.41. The van der Waals surface area contributed by atoms with E-state index in [9.17, 15) is 13.2 Å². The molecule has 0 radical (unpaired) electrons. The first-order chi connectivity index (χ1) is 13.2. The van der Waals surface area contributed by atoms with Crippen molar-refractivity contribution >= 4 is 0 Å². The summed E-state index contributed by atoms with van der Waals surface area (Å²) in [4.78, 5) is 2.07. The molecule has 0 fully saturated rings. The van der Waals surface area contributed by atoms with Crippen LogP contribution in [-0.4, -0.2) is 49.4 Å². The lowest BCUT2D eigenvalue weighted by Gasteiger charge is -2.20. The Kier molecular flexibility index (Phi) is 7.48. The summed E-state index contributed by atoms with van der Waals surface area (Å²) < 4.78 is 46.6. The van der Waals surface area contributed by atoms with Crippen molar-refractivity contribution < 1.29 is 17.9 Å². The monoisotopic (exact) mass is 398 g/mol. The van der Waals surface area contributed by atoms with Crippen molar-refractivity contribution in [3.8, 4) is 16.9 Å². The number of hydrogen-bond donors (Lipinski definition) is 2. The summed E-state index contributed by atoms with van der Waals surface area (Å²) in [5.74, 6) is 0.520. The van der Waals surface area contributed by atoms with Gasteiger partial charge >= 0.3 is 6.18 Å². The Bertz CT molecular complexity index is 771. The van der Waals surface area contributed by atoms with Crippen molar-refractivity contribution in [2.24, 2.45) is 5.92 Å². The number of ether oxygens (including phenoxy) is 1. The van der Waals surface area contributed by atoms with E-state index in [4.69, 9.17) is 4.74 Å². The summed E-state index contributed by atoms with van der Waals surface area (Å²) in [6.07, 6.45) is -2.55. The second kappa shape index (κ2) is 9.43. The number of nitrogens with zero attached hydrogens (tertiary/aromatic N) is 2. The van der Waals surface area contributed by atoms with E-state index in [1.807, 2.05) is 27.9 Å². The van der Waals surface area contributed by atoms with Crippen LogP contribution < -0.4 is 10.1 Å². The lowest BCUT2D eigenvalue weighted by Crippen LogP contribution is -2.27. The summed E-state index contributed by atoms with van der Waals surface area (Å²) in [6, 6.07) is 2.71. The number of rotatable bonds is 9. The molecule has 0 saturated heterocycles. The number of likely N-dealkylation sites (N-methyl/N-ethyl adjacent to an activating group) is 2. The van der Waals surface area contributed by atoms with Gasteiger partial charge in [-0.25, -0.2) is 0 Å². The number of halogens is 3. The number of aromatic amines is 1. The van der Waals surface area contributed by atoms with Crippen molar-refractivity contribution in [1.82, 2.24) is 20.4 Å². The highest BCUT2D eigenvalue weighted by Crippen LogP contribution is 2.41. The molecule has 0 spiro atoms. The fraction of sp³-hybridized carbons (Fsp3) is 0.550. The average molecular weight is 398 g/mol. The zero-order chi connectivity index (χ0) is 20.9. The lowest BCUT2D eigenvalue weighted by atomic mass is 9.93. The van der Waals surface area contributed by atoms with Crippen LogP contribution in [0.25, 0.3) is 11.1 Å². The predicted octanol–water partition coefficient (Wildman–Crippen LogP) is 3.95. The van der Waals surface area contributed by atoms with Crippen LogP contribution in [0.2, 0.25) is 0 Å². The van der Waals surface area contributed by atoms with Crippen LogP contribution in [0.4, 0.5) is 13.2 Å². The van der Waals surface area contributed by atoms with Gasteiger partial charge in [-0.2, -0.15) is 18.3 Å². The molecule has 0 aliphatic rings. The second-order valence-corrected chi connectivity index (χ2v) is 7.41. The molecule has 0 bridgehead atoms. The van der Waals surface area contributed by atoms with Crippen LogP contribution in [0.5, 0.6) is 5.75 Å². The zero-order valence-corrected chi connectivity index (χ0v) is 17.1. The Morgan fingerprint density at radius 3 is 2.54 bits per heavy atom. The average Bonchev–Trinajstić information content (AvgIpc) is 3.05.